The highest BCUT2D eigenvalue weighted by Crippen LogP contribution is 2.39. The number of amides is 1. The minimum Gasteiger partial charge on any atom is -0.497 e. The first kappa shape index (κ1) is 20.7. The quantitative estimate of drug-likeness (QED) is 0.633. The van der Waals surface area contributed by atoms with Crippen molar-refractivity contribution in [1.29, 1.82) is 0 Å². The van der Waals surface area contributed by atoms with E-state index < -0.39 is 0 Å². The summed E-state index contributed by atoms with van der Waals surface area (Å²) in [5.41, 5.74) is 1.87. The van der Waals surface area contributed by atoms with Gasteiger partial charge in [0.25, 0.3) is 5.91 Å². The fraction of sp³-hybridized carbons (Fsp3) is 0.292. The van der Waals surface area contributed by atoms with Crippen molar-refractivity contribution in [2.24, 2.45) is 0 Å². The zero-order chi connectivity index (χ0) is 22.0. The molecule has 0 radical (unpaired) electrons. The van der Waals surface area contributed by atoms with Crippen molar-refractivity contribution in [2.45, 2.75) is 25.8 Å². The minimum atomic E-state index is -0.377. The fourth-order valence-corrected chi connectivity index (χ4v) is 4.10. The van der Waals surface area contributed by atoms with E-state index in [1.807, 2.05) is 48.5 Å². The lowest BCUT2D eigenvalue weighted by Crippen LogP contribution is -2.36. The zero-order valence-electron chi connectivity index (χ0n) is 17.9. The zero-order valence-corrected chi connectivity index (χ0v) is 17.9. The molecule has 2 aromatic carbocycles. The largest absolute Gasteiger partial charge is 0.497 e. The molecule has 0 aliphatic carbocycles. The van der Waals surface area contributed by atoms with Gasteiger partial charge in [0.1, 0.15) is 11.5 Å². The summed E-state index contributed by atoms with van der Waals surface area (Å²) in [4.78, 5) is 27.9. The van der Waals surface area contributed by atoms with E-state index in [2.05, 4.69) is 5.10 Å². The van der Waals surface area contributed by atoms with E-state index in [9.17, 15) is 9.59 Å². The van der Waals surface area contributed by atoms with Crippen LogP contribution in [0, 0.1) is 6.92 Å². The molecule has 0 spiro atoms. The van der Waals surface area contributed by atoms with Gasteiger partial charge >= 0.3 is 0 Å². The lowest BCUT2D eigenvalue weighted by Gasteiger charge is -2.26. The molecule has 1 atom stereocenters. The number of rotatable bonds is 5. The molecular formula is C24H25N3O4. The van der Waals surface area contributed by atoms with Crippen LogP contribution < -0.4 is 14.9 Å². The molecule has 1 amide bonds. The molecular weight excluding hydrogens is 394 g/mol. The number of hydrogen-bond donors (Lipinski definition) is 0. The number of nitrogens with zero attached hydrogens (tertiary/aromatic N) is 3. The number of likely N-dealkylation sites (tertiary alicyclic amines) is 1. The van der Waals surface area contributed by atoms with Crippen LogP contribution in [-0.4, -0.2) is 41.4 Å². The van der Waals surface area contributed by atoms with Gasteiger partial charge in [0.2, 0.25) is 5.43 Å². The van der Waals surface area contributed by atoms with Crippen molar-refractivity contribution in [2.75, 3.05) is 20.8 Å². The van der Waals surface area contributed by atoms with E-state index in [1.165, 1.54) is 6.07 Å². The average Bonchev–Trinajstić information content (AvgIpc) is 3.28. The smallest absolute Gasteiger partial charge is 0.278 e. The van der Waals surface area contributed by atoms with Crippen LogP contribution in [0.1, 0.15) is 40.6 Å². The van der Waals surface area contributed by atoms with Gasteiger partial charge in [0, 0.05) is 23.9 Å². The number of carbonyl (C=O) groups excluding carboxylic acids is 1. The number of aromatic nitrogens is 2. The summed E-state index contributed by atoms with van der Waals surface area (Å²) in [5, 5.41) is 4.45. The van der Waals surface area contributed by atoms with E-state index >= 15 is 0 Å². The molecule has 0 N–H and O–H groups in total. The Morgan fingerprint density at radius 3 is 2.55 bits per heavy atom. The third kappa shape index (κ3) is 3.91. The van der Waals surface area contributed by atoms with Gasteiger partial charge in [-0.1, -0.05) is 18.2 Å². The SMILES string of the molecule is COc1ccc(OC)c([C@@H]2CCCN2C(=O)c2nn(-c3ccccc3)c(C)cc2=O)c1. The first-order valence-electron chi connectivity index (χ1n) is 10.2. The summed E-state index contributed by atoms with van der Waals surface area (Å²) in [6, 6.07) is 16.3. The van der Waals surface area contributed by atoms with Gasteiger partial charge < -0.3 is 14.4 Å². The van der Waals surface area contributed by atoms with Gasteiger partial charge in [-0.3, -0.25) is 9.59 Å². The van der Waals surface area contributed by atoms with Crippen molar-refractivity contribution < 1.29 is 14.3 Å². The van der Waals surface area contributed by atoms with E-state index in [0.717, 1.165) is 24.1 Å². The first-order chi connectivity index (χ1) is 15.0. The van der Waals surface area contributed by atoms with E-state index in [1.54, 1.807) is 30.7 Å². The van der Waals surface area contributed by atoms with Crippen LogP contribution in [-0.2, 0) is 0 Å². The Morgan fingerprint density at radius 1 is 1.06 bits per heavy atom. The summed E-state index contributed by atoms with van der Waals surface area (Å²) >= 11 is 0. The van der Waals surface area contributed by atoms with Crippen LogP contribution in [0.3, 0.4) is 0 Å². The highest BCUT2D eigenvalue weighted by molar-refractivity contribution is 5.92. The maximum absolute atomic E-state index is 13.5. The van der Waals surface area contributed by atoms with Crippen LogP contribution in [0.5, 0.6) is 11.5 Å². The minimum absolute atomic E-state index is 0.0804. The maximum atomic E-state index is 13.5. The van der Waals surface area contributed by atoms with Crippen molar-refractivity contribution in [3.63, 3.8) is 0 Å². The Labute approximate surface area is 180 Å². The highest BCUT2D eigenvalue weighted by atomic mass is 16.5. The second-order valence-electron chi connectivity index (χ2n) is 7.51. The number of para-hydroxylation sites is 1. The molecule has 31 heavy (non-hydrogen) atoms. The lowest BCUT2D eigenvalue weighted by molar-refractivity contribution is 0.0724. The Balaban J connectivity index is 1.74. The normalized spacial score (nSPS) is 15.7. The molecule has 7 heteroatoms. The molecule has 1 aliphatic heterocycles. The van der Waals surface area contributed by atoms with Gasteiger partial charge in [0.05, 0.1) is 25.9 Å². The predicted octanol–water partition coefficient (Wildman–Crippen LogP) is 3.54. The number of benzene rings is 2. The highest BCUT2D eigenvalue weighted by Gasteiger charge is 2.34. The molecule has 1 aliphatic rings. The second-order valence-corrected chi connectivity index (χ2v) is 7.51. The lowest BCUT2D eigenvalue weighted by atomic mass is 10.0. The van der Waals surface area contributed by atoms with Crippen LogP contribution in [0.15, 0.2) is 59.4 Å². The van der Waals surface area contributed by atoms with Gasteiger partial charge in [0.15, 0.2) is 5.69 Å². The molecule has 0 unspecified atom stereocenters. The van der Waals surface area contributed by atoms with E-state index in [4.69, 9.17) is 9.47 Å². The maximum Gasteiger partial charge on any atom is 0.278 e. The number of hydrogen-bond acceptors (Lipinski definition) is 5. The number of carbonyl (C=O) groups is 1. The van der Waals surface area contributed by atoms with Crippen molar-refractivity contribution in [3.8, 4) is 17.2 Å². The number of aryl methyl sites for hydroxylation is 1. The monoisotopic (exact) mass is 419 g/mol. The average molecular weight is 419 g/mol. The summed E-state index contributed by atoms with van der Waals surface area (Å²) in [5.74, 6) is 1.00. The molecule has 160 valence electrons. The molecule has 0 saturated carbocycles. The summed E-state index contributed by atoms with van der Waals surface area (Å²) in [6.45, 7) is 2.35. The number of methoxy groups -OCH3 is 2. The Bertz CT molecular complexity index is 1160. The third-order valence-corrected chi connectivity index (χ3v) is 5.62. The van der Waals surface area contributed by atoms with Crippen LogP contribution in [0.25, 0.3) is 5.69 Å². The molecule has 1 aromatic heterocycles. The Kier molecular flexibility index (Phi) is 5.75. The van der Waals surface area contributed by atoms with E-state index in [0.29, 0.717) is 23.7 Å². The molecule has 2 heterocycles. The van der Waals surface area contributed by atoms with Gasteiger partial charge in [-0.25, -0.2) is 4.68 Å². The van der Waals surface area contributed by atoms with Gasteiger partial charge in [-0.15, -0.1) is 0 Å². The molecule has 1 saturated heterocycles. The molecule has 4 rings (SSSR count). The molecule has 7 nitrogen and oxygen atoms in total. The van der Waals surface area contributed by atoms with E-state index in [-0.39, 0.29) is 23.1 Å². The van der Waals surface area contributed by atoms with Gasteiger partial charge in [-0.05, 0) is 50.1 Å². The first-order valence-corrected chi connectivity index (χ1v) is 10.2. The van der Waals surface area contributed by atoms with Crippen LogP contribution in [0.2, 0.25) is 0 Å². The molecule has 0 bridgehead atoms. The predicted molar refractivity (Wildman–Crippen MR) is 117 cm³/mol. The molecule has 1 fully saturated rings. The molecule has 3 aromatic rings. The number of ether oxygens (including phenoxy) is 2. The van der Waals surface area contributed by atoms with Crippen molar-refractivity contribution in [1.82, 2.24) is 14.7 Å². The second kappa shape index (κ2) is 8.63. The topological polar surface area (TPSA) is 73.7 Å². The third-order valence-electron chi connectivity index (χ3n) is 5.62. The van der Waals surface area contributed by atoms with Gasteiger partial charge in [-0.2, -0.15) is 5.10 Å². The summed E-state index contributed by atoms with van der Waals surface area (Å²) in [7, 11) is 3.21. The van der Waals surface area contributed by atoms with Crippen molar-refractivity contribution >= 4 is 5.91 Å². The van der Waals surface area contributed by atoms with Crippen LogP contribution in [0.4, 0.5) is 0 Å². The fourth-order valence-electron chi connectivity index (χ4n) is 4.10. The Morgan fingerprint density at radius 2 is 1.84 bits per heavy atom. The summed E-state index contributed by atoms with van der Waals surface area (Å²) in [6.07, 6.45) is 1.60. The Hall–Kier alpha value is -3.61. The van der Waals surface area contributed by atoms with Crippen molar-refractivity contribution in [3.05, 3.63) is 81.8 Å². The standard InChI is InChI=1S/C24H25N3O4/c1-16-14-21(28)23(25-27(16)17-8-5-4-6-9-17)24(29)26-13-7-10-20(26)19-15-18(30-2)11-12-22(19)31-3/h4-6,8-9,11-12,14-15,20H,7,10,13H2,1-3H3/t20-/m0/s1. The summed E-state index contributed by atoms with van der Waals surface area (Å²) < 4.78 is 12.5. The van der Waals surface area contributed by atoms with Crippen LogP contribution >= 0.6 is 0 Å².